The van der Waals surface area contributed by atoms with Crippen LogP contribution in [0.4, 0.5) is 23.4 Å². The Kier molecular flexibility index (Phi) is 7.39. The number of halogens is 4. The molecule has 0 unspecified atom stereocenters. The third-order valence-electron chi connectivity index (χ3n) is 6.91. The summed E-state index contributed by atoms with van der Waals surface area (Å²) in [6.07, 6.45) is -0.599. The summed E-state index contributed by atoms with van der Waals surface area (Å²) in [4.78, 5) is 19.9. The van der Waals surface area contributed by atoms with Gasteiger partial charge < -0.3 is 19.6 Å². The van der Waals surface area contributed by atoms with E-state index in [9.17, 15) is 35.9 Å². The molecule has 1 saturated heterocycles. The molecule has 1 N–H and O–H groups in total. The molecule has 0 atom stereocenters. The molecule has 8 nitrogen and oxygen atoms in total. The Morgan fingerprint density at radius 1 is 1.16 bits per heavy atom. The van der Waals surface area contributed by atoms with Crippen LogP contribution in [0.5, 0.6) is 5.75 Å². The molecule has 13 heteroatoms. The van der Waals surface area contributed by atoms with E-state index in [2.05, 4.69) is 4.98 Å². The van der Waals surface area contributed by atoms with Crippen molar-refractivity contribution in [2.24, 2.45) is 5.41 Å². The summed E-state index contributed by atoms with van der Waals surface area (Å²) in [5.41, 5.74) is -1.53. The lowest BCUT2D eigenvalue weighted by Gasteiger charge is -2.40. The number of alkyl halides is 3. The molecule has 1 saturated carbocycles. The lowest BCUT2D eigenvalue weighted by Crippen LogP contribution is -2.49. The number of amides is 1. The minimum atomic E-state index is -4.72. The zero-order chi connectivity index (χ0) is 27.0. The van der Waals surface area contributed by atoms with E-state index < -0.39 is 33.3 Å². The monoisotopic (exact) mass is 545 g/mol. The third kappa shape index (κ3) is 5.82. The van der Waals surface area contributed by atoms with Crippen LogP contribution in [0.1, 0.15) is 35.2 Å². The van der Waals surface area contributed by atoms with Crippen molar-refractivity contribution in [1.82, 2.24) is 9.88 Å². The highest BCUT2D eigenvalue weighted by atomic mass is 32.2. The minimum Gasteiger partial charge on any atom is -0.492 e. The number of aliphatic hydroxyl groups is 1. The van der Waals surface area contributed by atoms with Crippen LogP contribution in [0.2, 0.25) is 0 Å². The van der Waals surface area contributed by atoms with Gasteiger partial charge in [-0.05, 0) is 37.1 Å². The molecule has 0 radical (unpaired) electrons. The van der Waals surface area contributed by atoms with E-state index in [0.29, 0.717) is 12.3 Å². The lowest BCUT2D eigenvalue weighted by molar-refractivity contribution is -0.138. The fourth-order valence-electron chi connectivity index (χ4n) is 4.40. The van der Waals surface area contributed by atoms with E-state index >= 15 is 0 Å². The lowest BCUT2D eigenvalue weighted by atomic mass is 9.70. The number of anilines is 1. The number of sulfone groups is 1. The molecule has 202 valence electrons. The van der Waals surface area contributed by atoms with Crippen LogP contribution < -0.4 is 9.64 Å². The molecule has 2 heterocycles. The normalized spacial score (nSPS) is 17.9. The fourth-order valence-corrected chi connectivity index (χ4v) is 5.05. The highest BCUT2D eigenvalue weighted by Crippen LogP contribution is 2.41. The van der Waals surface area contributed by atoms with Gasteiger partial charge in [0.25, 0.3) is 5.91 Å². The molecule has 1 aromatic carbocycles. The van der Waals surface area contributed by atoms with Crippen LogP contribution >= 0.6 is 0 Å². The molecule has 0 bridgehead atoms. The largest absolute Gasteiger partial charge is 0.492 e. The number of ether oxygens (including phenoxy) is 1. The van der Waals surface area contributed by atoms with Crippen LogP contribution in [-0.4, -0.2) is 75.0 Å². The topological polar surface area (TPSA) is 100 Å². The summed E-state index contributed by atoms with van der Waals surface area (Å²) in [6.45, 7) is 0.532. The number of hydrogen-bond acceptors (Lipinski definition) is 7. The second kappa shape index (κ2) is 10.1. The van der Waals surface area contributed by atoms with E-state index in [1.165, 1.54) is 28.0 Å². The highest BCUT2D eigenvalue weighted by molar-refractivity contribution is 7.90. The van der Waals surface area contributed by atoms with Gasteiger partial charge in [0, 0.05) is 44.0 Å². The average Bonchev–Trinajstić information content (AvgIpc) is 2.82. The predicted octanol–water partition coefficient (Wildman–Crippen LogP) is 3.15. The van der Waals surface area contributed by atoms with E-state index in [1.54, 1.807) is 0 Å². The molecule has 1 aromatic heterocycles. The standard InChI is InChI=1S/C24H27F4N3O5S/c1-37(34,35)17-3-4-20(36-15-23(14-32)5-2-6-23)18(12-17)22(33)31-9-7-30(8-10-31)21-19(25)11-16(13-29-21)24(26,27)28/h3-4,11-13,32H,2,5-10,14-15H2,1H3. The van der Waals surface area contributed by atoms with Crippen molar-refractivity contribution in [3.05, 3.63) is 47.4 Å². The summed E-state index contributed by atoms with van der Waals surface area (Å²) in [5, 5.41) is 9.71. The molecule has 2 aliphatic rings. The van der Waals surface area contributed by atoms with Crippen molar-refractivity contribution in [3.8, 4) is 5.75 Å². The first-order valence-corrected chi connectivity index (χ1v) is 13.6. The number of carbonyl (C=O) groups excluding carboxylic acids is 1. The Morgan fingerprint density at radius 3 is 2.35 bits per heavy atom. The number of nitrogens with zero attached hydrogens (tertiary/aromatic N) is 3. The Balaban J connectivity index is 1.51. The van der Waals surface area contributed by atoms with Gasteiger partial charge in [0.1, 0.15) is 5.75 Å². The number of aromatic nitrogens is 1. The molecular weight excluding hydrogens is 518 g/mol. The molecule has 1 aliphatic heterocycles. The quantitative estimate of drug-likeness (QED) is 0.534. The average molecular weight is 546 g/mol. The van der Waals surface area contributed by atoms with Gasteiger partial charge in [0.2, 0.25) is 0 Å². The van der Waals surface area contributed by atoms with Crippen molar-refractivity contribution in [1.29, 1.82) is 0 Å². The number of carbonyl (C=O) groups is 1. The summed E-state index contributed by atoms with van der Waals surface area (Å²) in [7, 11) is -3.62. The zero-order valence-corrected chi connectivity index (χ0v) is 20.9. The van der Waals surface area contributed by atoms with Gasteiger partial charge in [-0.15, -0.1) is 0 Å². The Labute approximate surface area is 211 Å². The van der Waals surface area contributed by atoms with E-state index in [0.717, 1.165) is 25.5 Å². The van der Waals surface area contributed by atoms with Crippen LogP contribution in [0.15, 0.2) is 35.4 Å². The van der Waals surface area contributed by atoms with Crippen LogP contribution in [0.25, 0.3) is 0 Å². The molecular formula is C24H27F4N3O5S. The molecule has 0 spiro atoms. The highest BCUT2D eigenvalue weighted by Gasteiger charge is 2.38. The van der Waals surface area contributed by atoms with Crippen LogP contribution in [-0.2, 0) is 16.0 Å². The van der Waals surface area contributed by atoms with Gasteiger partial charge in [-0.25, -0.2) is 17.8 Å². The molecule has 1 amide bonds. The number of benzene rings is 1. The minimum absolute atomic E-state index is 0.0441. The van der Waals surface area contributed by atoms with Crippen molar-refractivity contribution < 1.29 is 40.6 Å². The number of hydrogen-bond donors (Lipinski definition) is 1. The van der Waals surface area contributed by atoms with Crippen molar-refractivity contribution in [2.45, 2.75) is 30.3 Å². The molecule has 4 rings (SSSR count). The van der Waals surface area contributed by atoms with E-state index in [4.69, 9.17) is 4.74 Å². The second-order valence-electron chi connectivity index (χ2n) is 9.54. The van der Waals surface area contributed by atoms with Crippen molar-refractivity contribution in [2.75, 3.05) is 50.5 Å². The maximum atomic E-state index is 14.4. The van der Waals surface area contributed by atoms with E-state index in [1.807, 2.05) is 0 Å². The van der Waals surface area contributed by atoms with Gasteiger partial charge >= 0.3 is 6.18 Å². The molecule has 1 aliphatic carbocycles. The van der Waals surface area contributed by atoms with Gasteiger partial charge in [0.15, 0.2) is 21.5 Å². The van der Waals surface area contributed by atoms with Gasteiger partial charge in [-0.2, -0.15) is 13.2 Å². The van der Waals surface area contributed by atoms with Crippen LogP contribution in [0.3, 0.4) is 0 Å². The Hall–Kier alpha value is -2.93. The van der Waals surface area contributed by atoms with Gasteiger partial charge in [-0.1, -0.05) is 6.42 Å². The van der Waals surface area contributed by atoms with E-state index in [-0.39, 0.29) is 66.8 Å². The maximum absolute atomic E-state index is 14.4. The van der Waals surface area contributed by atoms with Crippen molar-refractivity contribution in [3.63, 3.8) is 0 Å². The Bertz CT molecular complexity index is 1270. The fraction of sp³-hybridized carbons (Fsp3) is 0.500. The smallest absolute Gasteiger partial charge is 0.417 e. The first-order valence-electron chi connectivity index (χ1n) is 11.7. The number of pyridine rings is 1. The van der Waals surface area contributed by atoms with Gasteiger partial charge in [-0.3, -0.25) is 4.79 Å². The molecule has 2 fully saturated rings. The summed E-state index contributed by atoms with van der Waals surface area (Å²) >= 11 is 0. The number of rotatable bonds is 7. The zero-order valence-electron chi connectivity index (χ0n) is 20.1. The maximum Gasteiger partial charge on any atom is 0.417 e. The second-order valence-corrected chi connectivity index (χ2v) is 11.6. The SMILES string of the molecule is CS(=O)(=O)c1ccc(OCC2(CO)CCC2)c(C(=O)N2CCN(c3ncc(C(F)(F)F)cc3F)CC2)c1. The number of piperazine rings is 1. The first-order chi connectivity index (χ1) is 17.3. The number of aliphatic hydroxyl groups excluding tert-OH is 1. The summed E-state index contributed by atoms with van der Waals surface area (Å²) in [5.74, 6) is -1.65. The summed E-state index contributed by atoms with van der Waals surface area (Å²) < 4.78 is 82.9. The Morgan fingerprint density at radius 2 is 1.84 bits per heavy atom. The molecule has 2 aromatic rings. The van der Waals surface area contributed by atoms with Crippen LogP contribution in [0, 0.1) is 11.2 Å². The predicted molar refractivity (Wildman–Crippen MR) is 126 cm³/mol. The summed E-state index contributed by atoms with van der Waals surface area (Å²) in [6, 6.07) is 4.42. The molecule has 37 heavy (non-hydrogen) atoms. The van der Waals surface area contributed by atoms with Gasteiger partial charge in [0.05, 0.1) is 29.2 Å². The third-order valence-corrected chi connectivity index (χ3v) is 8.02. The van der Waals surface area contributed by atoms with Crippen molar-refractivity contribution >= 4 is 21.6 Å². The first kappa shape index (κ1) is 27.1.